The monoisotopic (exact) mass is 216 g/mol. The molecule has 0 aliphatic heterocycles. The van der Waals surface area contributed by atoms with Gasteiger partial charge >= 0.3 is 5.69 Å². The summed E-state index contributed by atoms with van der Waals surface area (Å²) >= 11 is 0. The molecule has 84 valence electrons. The van der Waals surface area contributed by atoms with E-state index >= 15 is 0 Å². The minimum atomic E-state index is -0.901. The Balaban J connectivity index is 2.91. The molecule has 0 radical (unpaired) electrons. The Morgan fingerprint density at radius 2 is 2.20 bits per heavy atom. The van der Waals surface area contributed by atoms with Gasteiger partial charge in [-0.15, -0.1) is 0 Å². The largest absolute Gasteiger partial charge is 0.394 e. The molecular formula is C8H12N2O5. The Bertz CT molecular complexity index is 410. The van der Waals surface area contributed by atoms with Crippen LogP contribution in [0.2, 0.25) is 0 Å². The van der Waals surface area contributed by atoms with Gasteiger partial charge in [-0.1, -0.05) is 0 Å². The van der Waals surface area contributed by atoms with Gasteiger partial charge in [0.25, 0.3) is 5.56 Å². The lowest BCUT2D eigenvalue weighted by Gasteiger charge is -2.16. The maximum Gasteiger partial charge on any atom is 0.330 e. The number of H-pyrrole nitrogens is 1. The second kappa shape index (κ2) is 5.44. The number of aliphatic hydroxyl groups excluding tert-OH is 2. The van der Waals surface area contributed by atoms with Gasteiger partial charge in [0.1, 0.15) is 0 Å². The highest BCUT2D eigenvalue weighted by Gasteiger charge is 2.11. The molecule has 7 nitrogen and oxygen atoms in total. The molecule has 0 spiro atoms. The molecule has 15 heavy (non-hydrogen) atoms. The molecule has 3 N–H and O–H groups in total. The minimum absolute atomic E-state index is 0.00318. The molecule has 0 aromatic carbocycles. The maximum atomic E-state index is 11.3. The number of aromatic amines is 1. The summed E-state index contributed by atoms with van der Waals surface area (Å²) in [5.41, 5.74) is -1.19. The van der Waals surface area contributed by atoms with Crippen molar-refractivity contribution in [1.29, 1.82) is 0 Å². The van der Waals surface area contributed by atoms with Crippen molar-refractivity contribution in [1.82, 2.24) is 9.55 Å². The molecule has 0 aliphatic rings. The van der Waals surface area contributed by atoms with E-state index in [9.17, 15) is 9.59 Å². The summed E-state index contributed by atoms with van der Waals surface area (Å²) in [5, 5.41) is 17.5. The first kappa shape index (κ1) is 11.6. The number of ether oxygens (including phenoxy) is 1. The van der Waals surface area contributed by atoms with Crippen LogP contribution in [-0.2, 0) is 4.74 Å². The van der Waals surface area contributed by atoms with E-state index in [-0.39, 0.29) is 13.2 Å². The second-order valence-electron chi connectivity index (χ2n) is 2.75. The number of aromatic nitrogens is 2. The number of rotatable bonds is 5. The topological polar surface area (TPSA) is 105 Å². The first-order chi connectivity index (χ1) is 7.19. The zero-order valence-electron chi connectivity index (χ0n) is 7.92. The van der Waals surface area contributed by atoms with Gasteiger partial charge in [0.2, 0.25) is 0 Å². The van der Waals surface area contributed by atoms with Crippen LogP contribution < -0.4 is 11.2 Å². The molecule has 0 saturated carbocycles. The van der Waals surface area contributed by atoms with E-state index in [1.54, 1.807) is 0 Å². The Morgan fingerprint density at radius 1 is 1.47 bits per heavy atom. The molecule has 1 unspecified atom stereocenters. The summed E-state index contributed by atoms with van der Waals surface area (Å²) in [6.45, 7) is -0.642. The molecule has 1 rings (SSSR count). The van der Waals surface area contributed by atoms with Gasteiger partial charge in [-0.05, 0) is 0 Å². The van der Waals surface area contributed by atoms with E-state index in [0.717, 1.165) is 10.6 Å². The van der Waals surface area contributed by atoms with Crippen LogP contribution >= 0.6 is 0 Å². The SMILES string of the molecule is O=c1ccn(C(CO)OCCO)c(=O)[nH]1. The molecule has 0 fully saturated rings. The van der Waals surface area contributed by atoms with Gasteiger partial charge in [-0.2, -0.15) is 0 Å². The molecule has 7 heteroatoms. The van der Waals surface area contributed by atoms with E-state index < -0.39 is 24.1 Å². The van der Waals surface area contributed by atoms with Crippen LogP contribution in [0.1, 0.15) is 6.23 Å². The van der Waals surface area contributed by atoms with Gasteiger partial charge in [0.05, 0.1) is 19.8 Å². The fourth-order valence-electron chi connectivity index (χ4n) is 1.06. The molecule has 0 bridgehead atoms. The third-order valence-electron chi connectivity index (χ3n) is 1.72. The number of aliphatic hydroxyl groups is 2. The summed E-state index contributed by atoms with van der Waals surface area (Å²) in [5.74, 6) is 0. The highest BCUT2D eigenvalue weighted by molar-refractivity contribution is 4.83. The molecular weight excluding hydrogens is 204 g/mol. The normalized spacial score (nSPS) is 12.7. The molecule has 1 aromatic heterocycles. The second-order valence-corrected chi connectivity index (χ2v) is 2.75. The standard InChI is InChI=1S/C8H12N2O5/c11-3-4-15-7(5-12)10-2-1-6(13)9-8(10)14/h1-2,7,11-12H,3-5H2,(H,9,13,14). The number of nitrogens with one attached hydrogen (secondary N) is 1. The van der Waals surface area contributed by atoms with Gasteiger partial charge in [-0.3, -0.25) is 14.3 Å². The lowest BCUT2D eigenvalue weighted by atomic mass is 10.5. The molecule has 1 aromatic rings. The fraction of sp³-hybridized carbons (Fsp3) is 0.500. The van der Waals surface area contributed by atoms with Crippen molar-refractivity contribution in [3.05, 3.63) is 33.1 Å². The van der Waals surface area contributed by atoms with E-state index in [1.165, 1.54) is 6.20 Å². The van der Waals surface area contributed by atoms with Crippen molar-refractivity contribution in [3.8, 4) is 0 Å². The van der Waals surface area contributed by atoms with Gasteiger partial charge in [0.15, 0.2) is 6.23 Å². The third-order valence-corrected chi connectivity index (χ3v) is 1.72. The van der Waals surface area contributed by atoms with Crippen LogP contribution in [0.25, 0.3) is 0 Å². The Morgan fingerprint density at radius 3 is 2.73 bits per heavy atom. The third kappa shape index (κ3) is 3.01. The lowest BCUT2D eigenvalue weighted by molar-refractivity contribution is -0.0489. The summed E-state index contributed by atoms with van der Waals surface area (Å²) in [6, 6.07) is 1.15. The van der Waals surface area contributed by atoms with Crippen molar-refractivity contribution in [2.24, 2.45) is 0 Å². The van der Waals surface area contributed by atoms with Crippen molar-refractivity contribution < 1.29 is 14.9 Å². The van der Waals surface area contributed by atoms with Crippen LogP contribution in [0.15, 0.2) is 21.9 Å². The van der Waals surface area contributed by atoms with E-state index in [4.69, 9.17) is 14.9 Å². The Labute approximate surface area is 84.6 Å². The zero-order chi connectivity index (χ0) is 11.3. The quantitative estimate of drug-likeness (QED) is 0.530. The average molecular weight is 216 g/mol. The maximum absolute atomic E-state index is 11.3. The Hall–Kier alpha value is -1.44. The van der Waals surface area contributed by atoms with E-state index in [0.29, 0.717) is 0 Å². The molecule has 0 aliphatic carbocycles. The van der Waals surface area contributed by atoms with Crippen LogP contribution in [0.4, 0.5) is 0 Å². The summed E-state index contributed by atoms with van der Waals surface area (Å²) in [7, 11) is 0. The van der Waals surface area contributed by atoms with Crippen LogP contribution in [0, 0.1) is 0 Å². The first-order valence-electron chi connectivity index (χ1n) is 4.34. The Kier molecular flexibility index (Phi) is 4.22. The highest BCUT2D eigenvalue weighted by Crippen LogP contribution is 2.02. The predicted octanol–water partition coefficient (Wildman–Crippen LogP) is -1.96. The number of hydrogen-bond acceptors (Lipinski definition) is 5. The van der Waals surface area contributed by atoms with Crippen molar-refractivity contribution in [2.45, 2.75) is 6.23 Å². The minimum Gasteiger partial charge on any atom is -0.394 e. The first-order valence-corrected chi connectivity index (χ1v) is 4.34. The predicted molar refractivity (Wildman–Crippen MR) is 50.5 cm³/mol. The average Bonchev–Trinajstić information content (AvgIpc) is 2.21. The zero-order valence-corrected chi connectivity index (χ0v) is 7.92. The van der Waals surface area contributed by atoms with Crippen molar-refractivity contribution >= 4 is 0 Å². The van der Waals surface area contributed by atoms with Crippen LogP contribution in [0.5, 0.6) is 0 Å². The van der Waals surface area contributed by atoms with Crippen LogP contribution in [-0.4, -0.2) is 39.6 Å². The molecule has 0 saturated heterocycles. The fourth-order valence-corrected chi connectivity index (χ4v) is 1.06. The van der Waals surface area contributed by atoms with Crippen LogP contribution in [0.3, 0.4) is 0 Å². The summed E-state index contributed by atoms with van der Waals surface area (Å²) in [4.78, 5) is 24.0. The highest BCUT2D eigenvalue weighted by atomic mass is 16.5. The van der Waals surface area contributed by atoms with Gasteiger partial charge in [-0.25, -0.2) is 4.79 Å². The number of hydrogen-bond donors (Lipinski definition) is 3. The summed E-state index contributed by atoms with van der Waals surface area (Å²) < 4.78 is 6.03. The van der Waals surface area contributed by atoms with Gasteiger partial charge in [0, 0.05) is 12.3 Å². The molecule has 1 atom stereocenters. The van der Waals surface area contributed by atoms with E-state index in [1.807, 2.05) is 4.98 Å². The molecule has 0 amide bonds. The van der Waals surface area contributed by atoms with Gasteiger partial charge < -0.3 is 14.9 Å². The summed E-state index contributed by atoms with van der Waals surface area (Å²) in [6.07, 6.45) is 0.320. The van der Waals surface area contributed by atoms with Crippen molar-refractivity contribution in [3.63, 3.8) is 0 Å². The molecule has 1 heterocycles. The van der Waals surface area contributed by atoms with Crippen molar-refractivity contribution in [2.75, 3.05) is 19.8 Å². The smallest absolute Gasteiger partial charge is 0.330 e. The lowest BCUT2D eigenvalue weighted by Crippen LogP contribution is -2.34. The number of nitrogens with zero attached hydrogens (tertiary/aromatic N) is 1. The van der Waals surface area contributed by atoms with E-state index in [2.05, 4.69) is 0 Å².